The highest BCUT2D eigenvalue weighted by Gasteiger charge is 2.39. The van der Waals surface area contributed by atoms with E-state index in [2.05, 4.69) is 5.32 Å². The van der Waals surface area contributed by atoms with E-state index in [1.54, 1.807) is 0 Å². The van der Waals surface area contributed by atoms with E-state index in [0.29, 0.717) is 21.2 Å². The summed E-state index contributed by atoms with van der Waals surface area (Å²) < 4.78 is 41.9. The molecule has 2 aliphatic heterocycles. The van der Waals surface area contributed by atoms with Crippen LogP contribution in [0.4, 0.5) is 10.1 Å². The van der Waals surface area contributed by atoms with E-state index >= 15 is 4.39 Å². The van der Waals surface area contributed by atoms with E-state index < -0.39 is 39.9 Å². The molecule has 0 spiro atoms. The maximum absolute atomic E-state index is 15.3. The van der Waals surface area contributed by atoms with Gasteiger partial charge in [0.2, 0.25) is 0 Å². The van der Waals surface area contributed by atoms with Crippen LogP contribution in [0.2, 0.25) is 0 Å². The lowest BCUT2D eigenvalue weighted by Crippen LogP contribution is -2.37. The van der Waals surface area contributed by atoms with Crippen LogP contribution in [-0.2, 0) is 21.4 Å². The Morgan fingerprint density at radius 2 is 2.07 bits per heavy atom. The minimum atomic E-state index is -4.19. The number of nitrogens with zero attached hydrogens (tertiary/aromatic N) is 1. The number of rotatable bonds is 5. The molecular formula is C19H26FN3O4S2. The summed E-state index contributed by atoms with van der Waals surface area (Å²) in [5.74, 6) is -0.467. The molecule has 1 amide bonds. The van der Waals surface area contributed by atoms with Crippen molar-refractivity contribution in [3.05, 3.63) is 17.4 Å². The summed E-state index contributed by atoms with van der Waals surface area (Å²) in [6, 6.07) is 1.48. The number of hydrogen-bond acceptors (Lipinski definition) is 6. The molecule has 0 unspecified atom stereocenters. The number of amides is 1. The molecule has 3 N–H and O–H groups in total. The molecule has 2 heterocycles. The van der Waals surface area contributed by atoms with Crippen molar-refractivity contribution < 1.29 is 22.7 Å². The highest BCUT2D eigenvalue weighted by Crippen LogP contribution is 2.42. The van der Waals surface area contributed by atoms with Crippen molar-refractivity contribution in [2.45, 2.75) is 55.9 Å². The number of benzene rings is 1. The van der Waals surface area contributed by atoms with Gasteiger partial charge in [-0.15, -0.1) is 11.8 Å². The van der Waals surface area contributed by atoms with Crippen LogP contribution in [0.5, 0.6) is 5.75 Å². The molecule has 3 aliphatic rings. The van der Waals surface area contributed by atoms with Gasteiger partial charge >= 0.3 is 10.2 Å². The molecule has 0 radical (unpaired) electrons. The fourth-order valence-corrected chi connectivity index (χ4v) is 6.76. The van der Waals surface area contributed by atoms with Crippen molar-refractivity contribution in [2.75, 3.05) is 23.1 Å². The summed E-state index contributed by atoms with van der Waals surface area (Å²) in [6.07, 6.45) is 8.08. The molecule has 1 aromatic carbocycles. The third kappa shape index (κ3) is 4.34. The first-order valence-electron chi connectivity index (χ1n) is 10.1. The van der Waals surface area contributed by atoms with Crippen molar-refractivity contribution >= 4 is 33.6 Å². The van der Waals surface area contributed by atoms with Gasteiger partial charge < -0.3 is 10.4 Å². The van der Waals surface area contributed by atoms with Crippen LogP contribution in [0, 0.1) is 11.7 Å². The highest BCUT2D eigenvalue weighted by atomic mass is 32.2. The van der Waals surface area contributed by atoms with E-state index in [1.807, 2.05) is 4.72 Å². The standard InChI is InChI=1S/C19H26FN3O4S2/c20-18-14-8-13(21-7-6-12-4-2-1-3-5-12)11-28-16(14)9-15(24)19(18)23-10-17(25)22-29(23,26)27/h9,12-13,21,24H,1-8,10-11H2,(H,22,25)/t13-/m0/s1. The number of phenols is 1. The van der Waals surface area contributed by atoms with Crippen molar-refractivity contribution in [1.82, 2.24) is 10.0 Å². The second-order valence-corrected chi connectivity index (χ2v) is 10.7. The molecular weight excluding hydrogens is 417 g/mol. The van der Waals surface area contributed by atoms with Gasteiger partial charge in [-0.25, -0.2) is 13.4 Å². The number of nitrogens with one attached hydrogen (secondary N) is 2. The molecule has 0 bridgehead atoms. The first kappa shape index (κ1) is 20.7. The Kier molecular flexibility index (Phi) is 5.94. The Balaban J connectivity index is 1.48. The fraction of sp³-hybridized carbons (Fsp3) is 0.632. The molecule has 1 aromatic rings. The Hall–Kier alpha value is -1.52. The molecule has 0 aromatic heterocycles. The Bertz CT molecular complexity index is 903. The molecule has 1 aliphatic carbocycles. The zero-order chi connectivity index (χ0) is 20.6. The molecule has 160 valence electrons. The molecule has 1 saturated heterocycles. The second kappa shape index (κ2) is 8.31. The van der Waals surface area contributed by atoms with Crippen LogP contribution in [-0.4, -0.2) is 44.3 Å². The largest absolute Gasteiger partial charge is 0.506 e. The van der Waals surface area contributed by atoms with Gasteiger partial charge in [0.05, 0.1) is 0 Å². The summed E-state index contributed by atoms with van der Waals surface area (Å²) in [4.78, 5) is 12.1. The summed E-state index contributed by atoms with van der Waals surface area (Å²) in [6.45, 7) is 0.346. The number of thioether (sulfide) groups is 1. The average molecular weight is 444 g/mol. The lowest BCUT2D eigenvalue weighted by molar-refractivity contribution is -0.117. The van der Waals surface area contributed by atoms with Crippen LogP contribution in [0.3, 0.4) is 0 Å². The average Bonchev–Trinajstić information content (AvgIpc) is 2.95. The topological polar surface area (TPSA) is 98.7 Å². The van der Waals surface area contributed by atoms with Crippen LogP contribution in [0.25, 0.3) is 0 Å². The molecule has 10 heteroatoms. The number of halogens is 1. The summed E-state index contributed by atoms with van der Waals surface area (Å²) >= 11 is 1.45. The summed E-state index contributed by atoms with van der Waals surface area (Å²) in [5.41, 5.74) is -0.0654. The van der Waals surface area contributed by atoms with Crippen molar-refractivity contribution in [2.24, 2.45) is 5.92 Å². The monoisotopic (exact) mass is 443 g/mol. The molecule has 2 fully saturated rings. The number of fused-ring (bicyclic) bond motifs is 1. The van der Waals surface area contributed by atoms with Gasteiger partial charge in [0.15, 0.2) is 5.82 Å². The van der Waals surface area contributed by atoms with Gasteiger partial charge in [0, 0.05) is 22.3 Å². The first-order chi connectivity index (χ1) is 13.8. The number of hydrogen-bond donors (Lipinski definition) is 3. The van der Waals surface area contributed by atoms with Crippen molar-refractivity contribution in [3.8, 4) is 5.75 Å². The van der Waals surface area contributed by atoms with Gasteiger partial charge in [0.1, 0.15) is 18.0 Å². The Morgan fingerprint density at radius 1 is 1.31 bits per heavy atom. The van der Waals surface area contributed by atoms with Crippen LogP contribution < -0.4 is 14.3 Å². The molecule has 1 saturated carbocycles. The number of phenolic OH excluding ortho intramolecular Hbond substituents is 1. The normalized spacial score (nSPS) is 24.4. The second-order valence-electron chi connectivity index (χ2n) is 8.03. The van der Waals surface area contributed by atoms with E-state index in [-0.39, 0.29) is 6.04 Å². The predicted molar refractivity (Wildman–Crippen MR) is 110 cm³/mol. The predicted octanol–water partition coefficient (Wildman–Crippen LogP) is 2.29. The van der Waals surface area contributed by atoms with Gasteiger partial charge in [-0.05, 0) is 31.4 Å². The number of anilines is 1. The maximum atomic E-state index is 15.3. The quantitative estimate of drug-likeness (QED) is 0.646. The Morgan fingerprint density at radius 3 is 2.76 bits per heavy atom. The fourth-order valence-electron chi connectivity index (χ4n) is 4.44. The summed E-state index contributed by atoms with van der Waals surface area (Å²) in [7, 11) is -4.19. The van der Waals surface area contributed by atoms with Crippen LogP contribution >= 0.6 is 11.8 Å². The van der Waals surface area contributed by atoms with Gasteiger partial charge in [-0.1, -0.05) is 32.1 Å². The summed E-state index contributed by atoms with van der Waals surface area (Å²) in [5, 5.41) is 13.8. The van der Waals surface area contributed by atoms with Crippen molar-refractivity contribution in [1.29, 1.82) is 0 Å². The van der Waals surface area contributed by atoms with E-state index in [4.69, 9.17) is 0 Å². The minimum absolute atomic E-state index is 0.0814. The van der Waals surface area contributed by atoms with E-state index in [1.165, 1.54) is 49.9 Å². The highest BCUT2D eigenvalue weighted by molar-refractivity contribution is 7.99. The van der Waals surface area contributed by atoms with Gasteiger partial charge in [-0.2, -0.15) is 8.42 Å². The van der Waals surface area contributed by atoms with E-state index in [9.17, 15) is 18.3 Å². The number of carbonyl (C=O) groups is 1. The molecule has 29 heavy (non-hydrogen) atoms. The maximum Gasteiger partial charge on any atom is 0.326 e. The smallest absolute Gasteiger partial charge is 0.326 e. The first-order valence-corrected chi connectivity index (χ1v) is 12.5. The molecule has 4 rings (SSSR count). The van der Waals surface area contributed by atoms with Gasteiger partial charge in [-0.3, -0.25) is 4.79 Å². The zero-order valence-corrected chi connectivity index (χ0v) is 17.7. The number of carbonyl (C=O) groups excluding carboxylic acids is 1. The third-order valence-electron chi connectivity index (χ3n) is 5.95. The van der Waals surface area contributed by atoms with Crippen LogP contribution in [0.1, 0.15) is 44.1 Å². The zero-order valence-electron chi connectivity index (χ0n) is 16.1. The SMILES string of the molecule is O=C1CN(c2c(O)cc3c(c2F)C[C@H](NCCC2CCCCC2)CS3)S(=O)(=O)N1. The minimum Gasteiger partial charge on any atom is -0.506 e. The van der Waals surface area contributed by atoms with Crippen molar-refractivity contribution in [3.63, 3.8) is 0 Å². The molecule has 1 atom stereocenters. The third-order valence-corrected chi connectivity index (χ3v) is 8.57. The van der Waals surface area contributed by atoms with E-state index in [0.717, 1.165) is 24.6 Å². The van der Waals surface area contributed by atoms with Crippen LogP contribution in [0.15, 0.2) is 11.0 Å². The Labute approximate surface area is 174 Å². The lowest BCUT2D eigenvalue weighted by Gasteiger charge is -2.29. The number of aromatic hydroxyl groups is 1. The lowest BCUT2D eigenvalue weighted by atomic mass is 9.87. The molecule has 7 nitrogen and oxygen atoms in total. The van der Waals surface area contributed by atoms with Gasteiger partial charge in [0.25, 0.3) is 5.91 Å².